The number of aromatic nitrogens is 4. The summed E-state index contributed by atoms with van der Waals surface area (Å²) in [5.74, 6) is 0. The van der Waals surface area contributed by atoms with E-state index in [0.717, 1.165) is 5.16 Å². The SMILES string of the molecule is CC.CSc1nnnn1C. The van der Waals surface area contributed by atoms with Crippen molar-refractivity contribution in [3.63, 3.8) is 0 Å². The van der Waals surface area contributed by atoms with Gasteiger partial charge in [-0.2, -0.15) is 0 Å². The van der Waals surface area contributed by atoms with E-state index in [9.17, 15) is 0 Å². The van der Waals surface area contributed by atoms with E-state index >= 15 is 0 Å². The molecule has 0 atom stereocenters. The molecule has 0 radical (unpaired) electrons. The summed E-state index contributed by atoms with van der Waals surface area (Å²) in [5.41, 5.74) is 0. The molecular weight excluding hydrogens is 148 g/mol. The Balaban J connectivity index is 0.000000371. The van der Waals surface area contributed by atoms with Gasteiger partial charge in [0.25, 0.3) is 0 Å². The monoisotopic (exact) mass is 160 g/mol. The van der Waals surface area contributed by atoms with Crippen molar-refractivity contribution in [3.05, 3.63) is 0 Å². The predicted octanol–water partition coefficient (Wildman–Crippen LogP) is 0.958. The largest absolute Gasteiger partial charge is 0.224 e. The molecule has 0 aliphatic carbocycles. The number of thioether (sulfide) groups is 1. The molecule has 0 unspecified atom stereocenters. The smallest absolute Gasteiger partial charge is 0.208 e. The van der Waals surface area contributed by atoms with Crippen molar-refractivity contribution in [2.45, 2.75) is 19.0 Å². The van der Waals surface area contributed by atoms with Gasteiger partial charge in [-0.15, -0.1) is 5.10 Å². The lowest BCUT2D eigenvalue weighted by Gasteiger charge is -1.86. The molecule has 10 heavy (non-hydrogen) atoms. The molecular formula is C5H12N4S. The molecule has 5 heteroatoms. The van der Waals surface area contributed by atoms with Crippen LogP contribution in [0.4, 0.5) is 0 Å². The Hall–Kier alpha value is -0.580. The van der Waals surface area contributed by atoms with Crippen molar-refractivity contribution in [1.82, 2.24) is 20.2 Å². The molecule has 0 aromatic carbocycles. The molecule has 0 aliphatic heterocycles. The van der Waals surface area contributed by atoms with Crippen LogP contribution in [0.25, 0.3) is 0 Å². The summed E-state index contributed by atoms with van der Waals surface area (Å²) in [4.78, 5) is 0. The molecule has 0 fully saturated rings. The van der Waals surface area contributed by atoms with Crippen molar-refractivity contribution >= 4 is 11.8 Å². The summed E-state index contributed by atoms with van der Waals surface area (Å²) in [5, 5.41) is 11.6. The molecule has 1 rings (SSSR count). The van der Waals surface area contributed by atoms with Crippen molar-refractivity contribution in [1.29, 1.82) is 0 Å². The van der Waals surface area contributed by atoms with E-state index in [0.29, 0.717) is 0 Å². The number of hydrogen-bond acceptors (Lipinski definition) is 4. The first-order chi connectivity index (χ1) is 4.84. The maximum atomic E-state index is 3.70. The van der Waals surface area contributed by atoms with Gasteiger partial charge in [-0.05, 0) is 16.7 Å². The minimum Gasteiger partial charge on any atom is -0.224 e. The molecule has 58 valence electrons. The average Bonchev–Trinajstić information content (AvgIpc) is 2.39. The third kappa shape index (κ3) is 2.34. The lowest BCUT2D eigenvalue weighted by Crippen LogP contribution is -1.91. The summed E-state index contributed by atoms with van der Waals surface area (Å²) in [6.45, 7) is 4.00. The molecule has 4 nitrogen and oxygen atoms in total. The zero-order valence-corrected chi connectivity index (χ0v) is 7.51. The molecule has 0 saturated carbocycles. The number of tetrazole rings is 1. The summed E-state index contributed by atoms with van der Waals surface area (Å²) < 4.78 is 1.63. The number of hydrogen-bond donors (Lipinski definition) is 0. The Labute approximate surface area is 65.0 Å². The highest BCUT2D eigenvalue weighted by Crippen LogP contribution is 2.04. The van der Waals surface area contributed by atoms with Gasteiger partial charge < -0.3 is 0 Å². The van der Waals surface area contributed by atoms with E-state index in [1.165, 1.54) is 11.8 Å². The third-order valence-corrected chi connectivity index (χ3v) is 1.47. The van der Waals surface area contributed by atoms with Gasteiger partial charge in [0.2, 0.25) is 5.16 Å². The molecule has 0 bridgehead atoms. The lowest BCUT2D eigenvalue weighted by molar-refractivity contribution is 0.665. The van der Waals surface area contributed by atoms with Gasteiger partial charge in [0.15, 0.2) is 0 Å². The third-order valence-electron chi connectivity index (χ3n) is 0.764. The Morgan fingerprint density at radius 1 is 1.40 bits per heavy atom. The first-order valence-electron chi connectivity index (χ1n) is 3.11. The van der Waals surface area contributed by atoms with Gasteiger partial charge in [0.05, 0.1) is 0 Å². The van der Waals surface area contributed by atoms with E-state index in [4.69, 9.17) is 0 Å². The van der Waals surface area contributed by atoms with Gasteiger partial charge in [-0.3, -0.25) is 0 Å². The van der Waals surface area contributed by atoms with Crippen LogP contribution in [0.1, 0.15) is 13.8 Å². The second-order valence-corrected chi connectivity index (χ2v) is 2.06. The number of nitrogens with zero attached hydrogens (tertiary/aromatic N) is 4. The van der Waals surface area contributed by atoms with Gasteiger partial charge >= 0.3 is 0 Å². The first-order valence-corrected chi connectivity index (χ1v) is 4.33. The number of aryl methyl sites for hydroxylation is 1. The molecule has 0 amide bonds. The Kier molecular flexibility index (Phi) is 4.92. The van der Waals surface area contributed by atoms with Crippen molar-refractivity contribution in [3.8, 4) is 0 Å². The first kappa shape index (κ1) is 9.42. The van der Waals surface area contributed by atoms with Crippen LogP contribution in [0.3, 0.4) is 0 Å². The van der Waals surface area contributed by atoms with Crippen LogP contribution in [0.5, 0.6) is 0 Å². The molecule has 0 saturated heterocycles. The topological polar surface area (TPSA) is 43.6 Å². The van der Waals surface area contributed by atoms with Crippen LogP contribution < -0.4 is 0 Å². The fraction of sp³-hybridized carbons (Fsp3) is 0.800. The van der Waals surface area contributed by atoms with Crippen molar-refractivity contribution in [2.24, 2.45) is 7.05 Å². The fourth-order valence-electron chi connectivity index (χ4n) is 0.394. The highest BCUT2D eigenvalue weighted by Gasteiger charge is 1.95. The van der Waals surface area contributed by atoms with Gasteiger partial charge in [-0.25, -0.2) is 4.68 Å². The minimum atomic E-state index is 0.838. The van der Waals surface area contributed by atoms with Crippen LogP contribution >= 0.6 is 11.8 Å². The highest BCUT2D eigenvalue weighted by molar-refractivity contribution is 7.98. The zero-order chi connectivity index (χ0) is 7.98. The van der Waals surface area contributed by atoms with E-state index in [-0.39, 0.29) is 0 Å². The van der Waals surface area contributed by atoms with Crippen LogP contribution in [0.2, 0.25) is 0 Å². The van der Waals surface area contributed by atoms with Crippen LogP contribution in [0, 0.1) is 0 Å². The molecule has 0 aliphatic rings. The molecule has 1 aromatic rings. The molecule has 1 heterocycles. The fourth-order valence-corrected chi connectivity index (χ4v) is 0.813. The van der Waals surface area contributed by atoms with Gasteiger partial charge in [-0.1, -0.05) is 25.6 Å². The van der Waals surface area contributed by atoms with Crippen molar-refractivity contribution in [2.75, 3.05) is 6.26 Å². The van der Waals surface area contributed by atoms with Crippen LogP contribution in [-0.2, 0) is 7.05 Å². The standard InChI is InChI=1S/C3H6N4S.C2H6/c1-7-3(8-2)4-5-6-7;1-2/h1-2H3;1-2H3. The second kappa shape index (κ2) is 5.22. The molecule has 1 aromatic heterocycles. The van der Waals surface area contributed by atoms with E-state index in [2.05, 4.69) is 15.5 Å². The predicted molar refractivity (Wildman–Crippen MR) is 41.9 cm³/mol. The Morgan fingerprint density at radius 3 is 2.20 bits per heavy atom. The van der Waals surface area contributed by atoms with Gasteiger partial charge in [0, 0.05) is 7.05 Å². The molecule has 0 spiro atoms. The van der Waals surface area contributed by atoms with Crippen LogP contribution in [-0.4, -0.2) is 26.5 Å². The van der Waals surface area contributed by atoms with E-state index in [1.807, 2.05) is 27.2 Å². The summed E-state index contributed by atoms with van der Waals surface area (Å²) in [6, 6.07) is 0. The van der Waals surface area contributed by atoms with Crippen LogP contribution in [0.15, 0.2) is 5.16 Å². The average molecular weight is 160 g/mol. The minimum absolute atomic E-state index is 0.838. The zero-order valence-electron chi connectivity index (χ0n) is 6.70. The number of rotatable bonds is 1. The maximum absolute atomic E-state index is 3.70. The Bertz CT molecular complexity index is 174. The second-order valence-electron chi connectivity index (χ2n) is 1.29. The maximum Gasteiger partial charge on any atom is 0.208 e. The summed E-state index contributed by atoms with van der Waals surface area (Å²) in [6.07, 6.45) is 1.94. The quantitative estimate of drug-likeness (QED) is 0.574. The Morgan fingerprint density at radius 2 is 2.00 bits per heavy atom. The van der Waals surface area contributed by atoms with E-state index < -0.39 is 0 Å². The lowest BCUT2D eigenvalue weighted by atomic mass is 11.0. The molecule has 0 N–H and O–H groups in total. The normalized spacial score (nSPS) is 8.40. The van der Waals surface area contributed by atoms with Crippen molar-refractivity contribution < 1.29 is 0 Å². The summed E-state index contributed by atoms with van der Waals surface area (Å²) in [7, 11) is 1.81. The van der Waals surface area contributed by atoms with Gasteiger partial charge in [0.1, 0.15) is 0 Å². The van der Waals surface area contributed by atoms with E-state index in [1.54, 1.807) is 4.68 Å². The highest BCUT2D eigenvalue weighted by atomic mass is 32.2. The summed E-state index contributed by atoms with van der Waals surface area (Å²) >= 11 is 1.53.